The summed E-state index contributed by atoms with van der Waals surface area (Å²) in [4.78, 5) is 16.8. The van der Waals surface area contributed by atoms with E-state index in [1.807, 2.05) is 6.07 Å². The smallest absolute Gasteiger partial charge is 0.247 e. The number of carbonyl (C=O) groups excluding carboxylic acids is 1. The number of carbonyl (C=O) groups is 1. The Labute approximate surface area is 143 Å². The summed E-state index contributed by atoms with van der Waals surface area (Å²) in [5, 5.41) is 3.10. The van der Waals surface area contributed by atoms with Crippen LogP contribution in [0.5, 0.6) is 0 Å². The molecule has 24 heavy (non-hydrogen) atoms. The van der Waals surface area contributed by atoms with E-state index in [9.17, 15) is 4.79 Å². The van der Waals surface area contributed by atoms with Crippen LogP contribution < -0.4 is 10.2 Å². The highest BCUT2D eigenvalue weighted by molar-refractivity contribution is 6.04. The molecule has 2 aliphatic rings. The summed E-state index contributed by atoms with van der Waals surface area (Å²) < 4.78 is 0. The predicted molar refractivity (Wildman–Crippen MR) is 97.1 cm³/mol. The SMILES string of the molecule is CN(Cc1ccccc1)Cc1ccc2c(c1)NC(=O)C1CCCN21. The highest BCUT2D eigenvalue weighted by Gasteiger charge is 2.36. The lowest BCUT2D eigenvalue weighted by molar-refractivity contribution is -0.117. The van der Waals surface area contributed by atoms with Gasteiger partial charge in [-0.15, -0.1) is 0 Å². The normalized spacial score (nSPS) is 19.2. The third-order valence-corrected chi connectivity index (χ3v) is 4.93. The number of rotatable bonds is 4. The largest absolute Gasteiger partial charge is 0.358 e. The minimum Gasteiger partial charge on any atom is -0.358 e. The summed E-state index contributed by atoms with van der Waals surface area (Å²) in [5.41, 5.74) is 4.67. The molecule has 1 saturated heterocycles. The van der Waals surface area contributed by atoms with Crippen molar-refractivity contribution in [3.05, 3.63) is 59.7 Å². The molecule has 2 heterocycles. The van der Waals surface area contributed by atoms with E-state index in [0.29, 0.717) is 0 Å². The number of nitrogens with zero attached hydrogens (tertiary/aromatic N) is 2. The molecule has 0 spiro atoms. The van der Waals surface area contributed by atoms with Gasteiger partial charge in [0.2, 0.25) is 5.91 Å². The predicted octanol–water partition coefficient (Wildman–Crippen LogP) is 3.24. The molecule has 1 amide bonds. The molecule has 2 aromatic carbocycles. The van der Waals surface area contributed by atoms with Crippen molar-refractivity contribution in [2.75, 3.05) is 23.8 Å². The molecule has 0 saturated carbocycles. The highest BCUT2D eigenvalue weighted by atomic mass is 16.2. The fourth-order valence-corrected chi connectivity index (χ4v) is 3.84. The Morgan fingerprint density at radius 1 is 1.12 bits per heavy atom. The van der Waals surface area contributed by atoms with Crippen LogP contribution in [0.25, 0.3) is 0 Å². The second kappa shape index (κ2) is 6.29. The summed E-state index contributed by atoms with van der Waals surface area (Å²) in [6, 6.07) is 17.0. The number of fused-ring (bicyclic) bond motifs is 3. The first-order chi connectivity index (χ1) is 11.7. The Balaban J connectivity index is 1.49. The van der Waals surface area contributed by atoms with Crippen molar-refractivity contribution >= 4 is 17.3 Å². The van der Waals surface area contributed by atoms with Crippen LogP contribution in [0.2, 0.25) is 0 Å². The molecular weight excluding hydrogens is 298 g/mol. The van der Waals surface area contributed by atoms with Gasteiger partial charge in [0.1, 0.15) is 6.04 Å². The van der Waals surface area contributed by atoms with Crippen LogP contribution in [0, 0.1) is 0 Å². The molecule has 1 N–H and O–H groups in total. The summed E-state index contributed by atoms with van der Waals surface area (Å²) >= 11 is 0. The maximum Gasteiger partial charge on any atom is 0.247 e. The van der Waals surface area contributed by atoms with Crippen molar-refractivity contribution in [3.8, 4) is 0 Å². The highest BCUT2D eigenvalue weighted by Crippen LogP contribution is 2.37. The fraction of sp³-hybridized carbons (Fsp3) is 0.350. The number of benzene rings is 2. The topological polar surface area (TPSA) is 35.6 Å². The summed E-state index contributed by atoms with van der Waals surface area (Å²) in [6.45, 7) is 2.76. The van der Waals surface area contributed by atoms with Crippen molar-refractivity contribution in [1.82, 2.24) is 4.90 Å². The van der Waals surface area contributed by atoms with Crippen LogP contribution in [0.15, 0.2) is 48.5 Å². The molecule has 1 unspecified atom stereocenters. The molecule has 0 radical (unpaired) electrons. The van der Waals surface area contributed by atoms with Crippen molar-refractivity contribution in [2.45, 2.75) is 32.0 Å². The molecular formula is C20H23N3O. The van der Waals surface area contributed by atoms with Gasteiger partial charge in [0.25, 0.3) is 0 Å². The zero-order valence-corrected chi connectivity index (χ0v) is 14.0. The van der Waals surface area contributed by atoms with E-state index in [2.05, 4.69) is 64.6 Å². The van der Waals surface area contributed by atoms with Crippen molar-refractivity contribution in [1.29, 1.82) is 0 Å². The lowest BCUT2D eigenvalue weighted by atomic mass is 10.1. The van der Waals surface area contributed by atoms with Gasteiger partial charge in [-0.05, 0) is 43.1 Å². The van der Waals surface area contributed by atoms with Gasteiger partial charge in [-0.2, -0.15) is 0 Å². The number of nitrogens with one attached hydrogen (secondary N) is 1. The van der Waals surface area contributed by atoms with Crippen molar-refractivity contribution in [3.63, 3.8) is 0 Å². The molecule has 2 aromatic rings. The molecule has 0 aromatic heterocycles. The Kier molecular flexibility index (Phi) is 3.98. The van der Waals surface area contributed by atoms with Crippen LogP contribution in [-0.4, -0.2) is 30.4 Å². The molecule has 0 bridgehead atoms. The van der Waals surface area contributed by atoms with E-state index in [-0.39, 0.29) is 11.9 Å². The average molecular weight is 321 g/mol. The van der Waals surface area contributed by atoms with Gasteiger partial charge in [-0.3, -0.25) is 9.69 Å². The standard InChI is InChI=1S/C20H23N3O/c1-22(13-15-6-3-2-4-7-15)14-16-9-10-18-17(12-16)21-20(24)19-8-5-11-23(18)19/h2-4,6-7,9-10,12,19H,5,8,11,13-14H2,1H3,(H,21,24). The molecule has 124 valence electrons. The first-order valence-corrected chi connectivity index (χ1v) is 8.63. The van der Waals surface area contributed by atoms with E-state index < -0.39 is 0 Å². The lowest BCUT2D eigenvalue weighted by Crippen LogP contribution is -2.43. The van der Waals surface area contributed by atoms with Crippen LogP contribution in [-0.2, 0) is 17.9 Å². The van der Waals surface area contributed by atoms with Crippen LogP contribution in [0.4, 0.5) is 11.4 Å². The minimum atomic E-state index is 0.0316. The van der Waals surface area contributed by atoms with Crippen LogP contribution >= 0.6 is 0 Å². The summed E-state index contributed by atoms with van der Waals surface area (Å²) in [7, 11) is 2.13. The van der Waals surface area contributed by atoms with Crippen LogP contribution in [0.1, 0.15) is 24.0 Å². The molecule has 0 aliphatic carbocycles. The van der Waals surface area contributed by atoms with Gasteiger partial charge >= 0.3 is 0 Å². The van der Waals surface area contributed by atoms with Crippen LogP contribution in [0.3, 0.4) is 0 Å². The zero-order valence-electron chi connectivity index (χ0n) is 14.0. The van der Waals surface area contributed by atoms with Gasteiger partial charge in [0.15, 0.2) is 0 Å². The van der Waals surface area contributed by atoms with Gasteiger partial charge in [0, 0.05) is 19.6 Å². The maximum absolute atomic E-state index is 12.2. The zero-order chi connectivity index (χ0) is 16.5. The van der Waals surface area contributed by atoms with E-state index in [1.54, 1.807) is 0 Å². The molecule has 1 atom stereocenters. The van der Waals surface area contributed by atoms with Crippen molar-refractivity contribution in [2.24, 2.45) is 0 Å². The van der Waals surface area contributed by atoms with Gasteiger partial charge in [-0.1, -0.05) is 36.4 Å². The molecule has 2 aliphatic heterocycles. The lowest BCUT2D eigenvalue weighted by Gasteiger charge is -2.33. The third-order valence-electron chi connectivity index (χ3n) is 4.93. The quantitative estimate of drug-likeness (QED) is 0.939. The van der Waals surface area contributed by atoms with E-state index in [0.717, 1.165) is 38.2 Å². The fourth-order valence-electron chi connectivity index (χ4n) is 3.84. The number of hydrogen-bond acceptors (Lipinski definition) is 3. The van der Waals surface area contributed by atoms with Gasteiger partial charge in [0.05, 0.1) is 11.4 Å². The molecule has 4 rings (SSSR count). The molecule has 4 heteroatoms. The summed E-state index contributed by atoms with van der Waals surface area (Å²) in [5.74, 6) is 0.148. The third kappa shape index (κ3) is 2.89. The average Bonchev–Trinajstić information content (AvgIpc) is 3.06. The minimum absolute atomic E-state index is 0.0316. The van der Waals surface area contributed by atoms with E-state index in [4.69, 9.17) is 0 Å². The molecule has 4 nitrogen and oxygen atoms in total. The number of anilines is 2. The van der Waals surface area contributed by atoms with Gasteiger partial charge in [-0.25, -0.2) is 0 Å². The Bertz CT molecular complexity index is 744. The second-order valence-corrected chi connectivity index (χ2v) is 6.85. The summed E-state index contributed by atoms with van der Waals surface area (Å²) in [6.07, 6.45) is 2.06. The Hall–Kier alpha value is -2.33. The van der Waals surface area contributed by atoms with Crippen molar-refractivity contribution < 1.29 is 4.79 Å². The maximum atomic E-state index is 12.2. The second-order valence-electron chi connectivity index (χ2n) is 6.85. The Morgan fingerprint density at radius 3 is 2.75 bits per heavy atom. The number of hydrogen-bond donors (Lipinski definition) is 1. The first-order valence-electron chi connectivity index (χ1n) is 8.63. The van der Waals surface area contributed by atoms with E-state index in [1.165, 1.54) is 16.8 Å². The number of amides is 1. The monoisotopic (exact) mass is 321 g/mol. The van der Waals surface area contributed by atoms with Gasteiger partial charge < -0.3 is 10.2 Å². The Morgan fingerprint density at radius 2 is 1.92 bits per heavy atom. The van der Waals surface area contributed by atoms with E-state index >= 15 is 0 Å². The molecule has 1 fully saturated rings. The first kappa shape index (κ1) is 15.2.